The van der Waals surface area contributed by atoms with Crippen molar-refractivity contribution in [2.24, 2.45) is 0 Å². The number of amides is 2. The molecule has 2 amide bonds. The van der Waals surface area contributed by atoms with Gasteiger partial charge < -0.3 is 14.3 Å². The number of nitrogens with zero attached hydrogens (tertiary/aromatic N) is 4. The lowest BCUT2D eigenvalue weighted by Gasteiger charge is -2.35. The second-order valence-corrected chi connectivity index (χ2v) is 9.04. The maximum atomic E-state index is 13.2. The van der Waals surface area contributed by atoms with Crippen molar-refractivity contribution in [2.75, 3.05) is 26.2 Å². The van der Waals surface area contributed by atoms with Gasteiger partial charge in [0.2, 0.25) is 11.8 Å². The van der Waals surface area contributed by atoms with Gasteiger partial charge in [-0.05, 0) is 30.5 Å². The minimum absolute atomic E-state index is 0.00132. The Bertz CT molecular complexity index is 1080. The third kappa shape index (κ3) is 6.22. The highest BCUT2D eigenvalue weighted by Crippen LogP contribution is 2.27. The van der Waals surface area contributed by atoms with E-state index in [-0.39, 0.29) is 11.8 Å². The fraction of sp³-hybridized carbons (Fsp3) is 0.360. The largest absolute Gasteiger partial charge is 0.340 e. The number of piperazine rings is 1. The summed E-state index contributed by atoms with van der Waals surface area (Å²) in [7, 11) is 0. The molecule has 33 heavy (non-hydrogen) atoms. The van der Waals surface area contributed by atoms with Crippen molar-refractivity contribution in [1.29, 1.82) is 0 Å². The zero-order valence-corrected chi connectivity index (χ0v) is 19.6. The van der Waals surface area contributed by atoms with Crippen molar-refractivity contribution >= 4 is 23.6 Å². The molecule has 0 unspecified atom stereocenters. The van der Waals surface area contributed by atoms with E-state index in [9.17, 15) is 9.59 Å². The van der Waals surface area contributed by atoms with E-state index >= 15 is 0 Å². The van der Waals surface area contributed by atoms with Crippen LogP contribution < -0.4 is 0 Å². The minimum atomic E-state index is -0.00132. The van der Waals surface area contributed by atoms with Crippen LogP contribution in [0.1, 0.15) is 40.5 Å². The van der Waals surface area contributed by atoms with Gasteiger partial charge in [-0.3, -0.25) is 9.59 Å². The highest BCUT2D eigenvalue weighted by molar-refractivity contribution is 7.98. The van der Waals surface area contributed by atoms with Crippen LogP contribution in [0, 0.1) is 6.92 Å². The van der Waals surface area contributed by atoms with Gasteiger partial charge in [-0.15, -0.1) is 11.8 Å². The topological polar surface area (TPSA) is 79.5 Å². The molecule has 0 bridgehead atoms. The molecule has 1 fully saturated rings. The zero-order chi connectivity index (χ0) is 23.0. The second-order valence-electron chi connectivity index (χ2n) is 8.03. The summed E-state index contributed by atoms with van der Waals surface area (Å²) >= 11 is 1.52. The van der Waals surface area contributed by atoms with Gasteiger partial charge in [-0.1, -0.05) is 47.6 Å². The molecule has 0 aliphatic carbocycles. The second kappa shape index (κ2) is 11.1. The van der Waals surface area contributed by atoms with Crippen molar-refractivity contribution < 1.29 is 14.1 Å². The van der Waals surface area contributed by atoms with Crippen molar-refractivity contribution in [1.82, 2.24) is 19.9 Å². The van der Waals surface area contributed by atoms with Crippen LogP contribution in [0.3, 0.4) is 0 Å². The maximum Gasteiger partial charge on any atom is 0.255 e. The normalized spacial score (nSPS) is 13.8. The van der Waals surface area contributed by atoms with E-state index < -0.39 is 0 Å². The predicted octanol–water partition coefficient (Wildman–Crippen LogP) is 3.98. The van der Waals surface area contributed by atoms with Crippen LogP contribution in [0.5, 0.6) is 0 Å². The zero-order valence-electron chi connectivity index (χ0n) is 18.8. The highest BCUT2D eigenvalue weighted by Gasteiger charge is 2.26. The minimum Gasteiger partial charge on any atom is -0.340 e. The highest BCUT2D eigenvalue weighted by atomic mass is 32.2. The number of rotatable bonds is 8. The molecule has 0 atom stereocenters. The number of benzene rings is 2. The summed E-state index contributed by atoms with van der Waals surface area (Å²) < 4.78 is 5.02. The van der Waals surface area contributed by atoms with E-state index in [1.54, 1.807) is 6.92 Å². The van der Waals surface area contributed by atoms with Crippen LogP contribution >= 0.6 is 11.8 Å². The first-order valence-corrected chi connectivity index (χ1v) is 12.2. The number of thioether (sulfide) groups is 1. The summed E-state index contributed by atoms with van der Waals surface area (Å²) in [5, 5.41) is 3.92. The van der Waals surface area contributed by atoms with E-state index in [1.165, 1.54) is 17.3 Å². The first-order chi connectivity index (χ1) is 16.1. The Morgan fingerprint density at radius 1 is 0.970 bits per heavy atom. The summed E-state index contributed by atoms with van der Waals surface area (Å²) in [6.45, 7) is 4.01. The third-order valence-electron chi connectivity index (χ3n) is 5.66. The van der Waals surface area contributed by atoms with E-state index in [0.29, 0.717) is 55.6 Å². The molecule has 8 heteroatoms. The summed E-state index contributed by atoms with van der Waals surface area (Å²) in [6.07, 6.45) is 2.28. The van der Waals surface area contributed by atoms with Crippen LogP contribution in [0.15, 0.2) is 64.0 Å². The monoisotopic (exact) mass is 464 g/mol. The molecule has 1 aliphatic heterocycles. The van der Waals surface area contributed by atoms with E-state index in [2.05, 4.69) is 22.3 Å². The lowest BCUT2D eigenvalue weighted by atomic mass is 10.1. The van der Waals surface area contributed by atoms with Crippen molar-refractivity contribution in [3.05, 3.63) is 77.4 Å². The van der Waals surface area contributed by atoms with E-state index in [0.717, 1.165) is 17.7 Å². The summed E-state index contributed by atoms with van der Waals surface area (Å²) in [5.41, 5.74) is 1.93. The molecule has 2 aromatic carbocycles. The Hall–Kier alpha value is -3.13. The number of aromatic nitrogens is 2. The molecular formula is C25H28N4O3S. The molecule has 3 aromatic rings. The summed E-state index contributed by atoms with van der Waals surface area (Å²) in [5.74, 6) is 1.84. The molecule has 1 aliphatic rings. The average molecular weight is 465 g/mol. The van der Waals surface area contributed by atoms with Gasteiger partial charge in [0.25, 0.3) is 5.91 Å². The summed E-state index contributed by atoms with van der Waals surface area (Å²) in [6, 6.07) is 17.8. The van der Waals surface area contributed by atoms with Crippen molar-refractivity contribution in [3.8, 4) is 0 Å². The van der Waals surface area contributed by atoms with Gasteiger partial charge in [0, 0.05) is 44.4 Å². The Morgan fingerprint density at radius 3 is 2.39 bits per heavy atom. The fourth-order valence-electron chi connectivity index (χ4n) is 3.89. The number of hydrogen-bond acceptors (Lipinski definition) is 6. The number of carbonyl (C=O) groups excluding carboxylic acids is 2. The standard InChI is InChI=1S/C25H28N4O3S/c1-19-26-23(27-32-19)18-33-22-12-6-5-11-21(22)25(31)29-16-14-28(15-17-29)24(30)13-7-10-20-8-3-2-4-9-20/h2-6,8-9,11-12H,7,10,13-18H2,1H3. The van der Waals surface area contributed by atoms with Crippen molar-refractivity contribution in [3.63, 3.8) is 0 Å². The quantitative estimate of drug-likeness (QED) is 0.469. The van der Waals surface area contributed by atoms with E-state index in [4.69, 9.17) is 4.52 Å². The van der Waals surface area contributed by atoms with Gasteiger partial charge >= 0.3 is 0 Å². The first-order valence-electron chi connectivity index (χ1n) is 11.2. The Balaban J connectivity index is 1.27. The molecule has 0 radical (unpaired) electrons. The molecule has 0 saturated carbocycles. The fourth-order valence-corrected chi connectivity index (χ4v) is 4.77. The van der Waals surface area contributed by atoms with E-state index in [1.807, 2.05) is 52.3 Å². The molecule has 0 N–H and O–H groups in total. The van der Waals surface area contributed by atoms with Crippen LogP contribution in [-0.2, 0) is 17.0 Å². The van der Waals surface area contributed by atoms with Gasteiger partial charge in [-0.2, -0.15) is 4.98 Å². The molecule has 7 nitrogen and oxygen atoms in total. The van der Waals surface area contributed by atoms with Gasteiger partial charge in [0.15, 0.2) is 5.82 Å². The smallest absolute Gasteiger partial charge is 0.255 e. The SMILES string of the molecule is Cc1nc(CSc2ccccc2C(=O)N2CCN(C(=O)CCCc3ccccc3)CC2)no1. The van der Waals surface area contributed by atoms with Gasteiger partial charge in [-0.25, -0.2) is 0 Å². The maximum absolute atomic E-state index is 13.2. The molecule has 4 rings (SSSR count). The van der Waals surface area contributed by atoms with Crippen LogP contribution in [0.4, 0.5) is 0 Å². The molecule has 0 spiro atoms. The Labute approximate surface area is 198 Å². The number of hydrogen-bond donors (Lipinski definition) is 0. The number of carbonyl (C=O) groups is 2. The average Bonchev–Trinajstić information content (AvgIpc) is 3.28. The van der Waals surface area contributed by atoms with Gasteiger partial charge in [0.1, 0.15) is 0 Å². The van der Waals surface area contributed by atoms with Gasteiger partial charge in [0.05, 0.1) is 11.3 Å². The number of aryl methyl sites for hydroxylation is 2. The molecule has 172 valence electrons. The lowest BCUT2D eigenvalue weighted by Crippen LogP contribution is -2.50. The van der Waals surface area contributed by atoms with Crippen LogP contribution in [0.2, 0.25) is 0 Å². The van der Waals surface area contributed by atoms with Crippen LogP contribution in [-0.4, -0.2) is 57.9 Å². The summed E-state index contributed by atoms with van der Waals surface area (Å²) in [4.78, 5) is 34.6. The Morgan fingerprint density at radius 2 is 1.67 bits per heavy atom. The van der Waals surface area contributed by atoms with Crippen LogP contribution in [0.25, 0.3) is 0 Å². The lowest BCUT2D eigenvalue weighted by molar-refractivity contribution is -0.132. The van der Waals surface area contributed by atoms with Crippen molar-refractivity contribution in [2.45, 2.75) is 36.8 Å². The molecule has 2 heterocycles. The molecule has 1 aromatic heterocycles. The third-order valence-corrected chi connectivity index (χ3v) is 6.73. The molecular weight excluding hydrogens is 436 g/mol. The molecule has 1 saturated heterocycles. The predicted molar refractivity (Wildman–Crippen MR) is 127 cm³/mol. The first kappa shape index (κ1) is 23.0. The Kier molecular flexibility index (Phi) is 7.78.